The lowest BCUT2D eigenvalue weighted by molar-refractivity contribution is 0.0787. The van der Waals surface area contributed by atoms with Crippen LogP contribution in [0.3, 0.4) is 0 Å². The van der Waals surface area contributed by atoms with Gasteiger partial charge in [0.1, 0.15) is 11.5 Å². The van der Waals surface area contributed by atoms with Gasteiger partial charge in [-0.05, 0) is 24.3 Å². The minimum Gasteiger partial charge on any atom is -0.341 e. The number of hydrogen-bond acceptors (Lipinski definition) is 5. The summed E-state index contributed by atoms with van der Waals surface area (Å²) in [6.07, 6.45) is 3.20. The summed E-state index contributed by atoms with van der Waals surface area (Å²) in [6, 6.07) is 6.03. The van der Waals surface area contributed by atoms with Crippen LogP contribution in [0.1, 0.15) is 29.0 Å². The molecule has 0 aliphatic carbocycles. The second kappa shape index (κ2) is 6.57. The molecule has 0 radical (unpaired) electrons. The maximum atomic E-state index is 14.3. The molecule has 0 aliphatic heterocycles. The van der Waals surface area contributed by atoms with E-state index in [4.69, 9.17) is 0 Å². The zero-order valence-corrected chi connectivity index (χ0v) is 13.2. The molecule has 0 bridgehead atoms. The molecular weight excluding hydrogens is 313 g/mol. The molecule has 1 aromatic carbocycles. The van der Waals surface area contributed by atoms with Crippen LogP contribution >= 0.6 is 0 Å². The molecule has 24 heavy (non-hydrogen) atoms. The Morgan fingerprint density at radius 3 is 2.92 bits per heavy atom. The highest BCUT2D eigenvalue weighted by Gasteiger charge is 2.19. The van der Waals surface area contributed by atoms with E-state index in [1.54, 1.807) is 31.6 Å². The number of benzene rings is 1. The largest absolute Gasteiger partial charge is 0.341 e. The Balaban J connectivity index is 1.74. The Labute approximate surface area is 137 Å². The number of carbonyl (C=O) groups is 1. The van der Waals surface area contributed by atoms with Crippen molar-refractivity contribution in [1.29, 1.82) is 0 Å². The highest BCUT2D eigenvalue weighted by molar-refractivity contribution is 5.94. The fourth-order valence-electron chi connectivity index (χ4n) is 2.41. The molecule has 0 saturated carbocycles. The van der Waals surface area contributed by atoms with Crippen LogP contribution < -0.4 is 0 Å². The monoisotopic (exact) mass is 329 g/mol. The lowest BCUT2D eigenvalue weighted by Gasteiger charge is -2.20. The molecule has 9 heteroatoms. The fourth-order valence-corrected chi connectivity index (χ4v) is 2.41. The summed E-state index contributed by atoms with van der Waals surface area (Å²) in [7, 11) is 1.65. The van der Waals surface area contributed by atoms with Crippen molar-refractivity contribution < 1.29 is 9.18 Å². The predicted octanol–water partition coefficient (Wildman–Crippen LogP) is 1.40. The SMILES string of the molecule is C[C@@H](CN(C)C(=O)c1ccc(-n2cccn2)c(F)c1)c1nn[nH]n1. The minimum atomic E-state index is -0.510. The lowest BCUT2D eigenvalue weighted by atomic mass is 10.1. The van der Waals surface area contributed by atoms with E-state index in [0.717, 1.165) is 0 Å². The number of H-pyrrole nitrogens is 1. The van der Waals surface area contributed by atoms with Gasteiger partial charge in [-0.25, -0.2) is 9.07 Å². The topological polar surface area (TPSA) is 92.6 Å². The number of aromatic nitrogens is 6. The second-order valence-corrected chi connectivity index (χ2v) is 5.47. The van der Waals surface area contributed by atoms with Gasteiger partial charge in [0, 0.05) is 37.5 Å². The highest BCUT2D eigenvalue weighted by Crippen LogP contribution is 2.17. The highest BCUT2D eigenvalue weighted by atomic mass is 19.1. The number of likely N-dealkylation sites (N-methyl/N-ethyl adjacent to an activating group) is 1. The molecule has 2 heterocycles. The fraction of sp³-hybridized carbons (Fsp3) is 0.267. The number of carbonyl (C=O) groups excluding carboxylic acids is 1. The van der Waals surface area contributed by atoms with Crippen molar-refractivity contribution in [2.45, 2.75) is 12.8 Å². The average Bonchev–Trinajstić information content (AvgIpc) is 3.27. The van der Waals surface area contributed by atoms with Crippen LogP contribution in [0.2, 0.25) is 0 Å². The van der Waals surface area contributed by atoms with Gasteiger partial charge in [0.15, 0.2) is 5.82 Å². The summed E-state index contributed by atoms with van der Waals surface area (Å²) in [5.74, 6) is -0.360. The molecule has 0 aliphatic rings. The smallest absolute Gasteiger partial charge is 0.253 e. The number of hydrogen-bond donors (Lipinski definition) is 1. The number of amides is 1. The first-order valence-corrected chi connectivity index (χ1v) is 7.34. The third kappa shape index (κ3) is 3.14. The number of nitrogens with one attached hydrogen (secondary N) is 1. The zero-order chi connectivity index (χ0) is 17.1. The van der Waals surface area contributed by atoms with E-state index >= 15 is 0 Å². The maximum Gasteiger partial charge on any atom is 0.253 e. The van der Waals surface area contributed by atoms with Crippen LogP contribution in [-0.2, 0) is 0 Å². The van der Waals surface area contributed by atoms with Crippen LogP contribution in [0.4, 0.5) is 4.39 Å². The third-order valence-electron chi connectivity index (χ3n) is 3.64. The maximum absolute atomic E-state index is 14.3. The number of nitrogens with zero attached hydrogens (tertiary/aromatic N) is 6. The van der Waals surface area contributed by atoms with Crippen LogP contribution in [0, 0.1) is 5.82 Å². The summed E-state index contributed by atoms with van der Waals surface area (Å²) < 4.78 is 15.7. The first-order valence-electron chi connectivity index (χ1n) is 7.34. The molecule has 0 unspecified atom stereocenters. The number of halogens is 1. The zero-order valence-electron chi connectivity index (χ0n) is 13.2. The van der Waals surface area contributed by atoms with Crippen LogP contribution in [0.25, 0.3) is 5.69 Å². The van der Waals surface area contributed by atoms with Gasteiger partial charge in [0.2, 0.25) is 0 Å². The van der Waals surface area contributed by atoms with Gasteiger partial charge in [-0.3, -0.25) is 4.79 Å². The van der Waals surface area contributed by atoms with Gasteiger partial charge < -0.3 is 4.90 Å². The molecule has 124 valence electrons. The van der Waals surface area contributed by atoms with Crippen molar-refractivity contribution in [1.82, 2.24) is 35.3 Å². The van der Waals surface area contributed by atoms with Gasteiger partial charge >= 0.3 is 0 Å². The van der Waals surface area contributed by atoms with E-state index in [2.05, 4.69) is 25.7 Å². The Hall–Kier alpha value is -3.10. The van der Waals surface area contributed by atoms with Crippen molar-refractivity contribution in [3.63, 3.8) is 0 Å². The van der Waals surface area contributed by atoms with Crippen molar-refractivity contribution >= 4 is 5.91 Å². The molecular formula is C15H16FN7O. The predicted molar refractivity (Wildman–Crippen MR) is 83.1 cm³/mol. The summed E-state index contributed by atoms with van der Waals surface area (Å²) >= 11 is 0. The molecule has 3 rings (SSSR count). The quantitative estimate of drug-likeness (QED) is 0.764. The lowest BCUT2D eigenvalue weighted by Crippen LogP contribution is -2.30. The van der Waals surface area contributed by atoms with Gasteiger partial charge in [-0.2, -0.15) is 10.3 Å². The van der Waals surface area contributed by atoms with E-state index in [9.17, 15) is 9.18 Å². The van der Waals surface area contributed by atoms with Gasteiger partial charge in [-0.15, -0.1) is 10.2 Å². The van der Waals surface area contributed by atoms with Crippen molar-refractivity contribution in [3.05, 3.63) is 53.9 Å². The van der Waals surface area contributed by atoms with Gasteiger partial charge in [-0.1, -0.05) is 12.1 Å². The molecule has 2 aromatic heterocycles. The summed E-state index contributed by atoms with van der Waals surface area (Å²) in [4.78, 5) is 14.0. The molecule has 1 N–H and O–H groups in total. The summed E-state index contributed by atoms with van der Waals surface area (Å²) in [5, 5.41) is 17.7. The van der Waals surface area contributed by atoms with Crippen molar-refractivity contribution in [3.8, 4) is 5.69 Å². The van der Waals surface area contributed by atoms with E-state index < -0.39 is 5.82 Å². The normalized spacial score (nSPS) is 12.1. The Kier molecular flexibility index (Phi) is 4.32. The number of rotatable bonds is 5. The number of tetrazole rings is 1. The Bertz CT molecular complexity index is 816. The van der Waals surface area contributed by atoms with E-state index in [1.807, 2.05) is 6.92 Å². The molecule has 1 atom stereocenters. The van der Waals surface area contributed by atoms with Crippen molar-refractivity contribution in [2.75, 3.05) is 13.6 Å². The van der Waals surface area contributed by atoms with Gasteiger partial charge in [0.25, 0.3) is 5.91 Å². The summed E-state index contributed by atoms with van der Waals surface area (Å²) in [5.41, 5.74) is 0.561. The third-order valence-corrected chi connectivity index (χ3v) is 3.64. The van der Waals surface area contributed by atoms with Crippen LogP contribution in [0.15, 0.2) is 36.7 Å². The average molecular weight is 329 g/mol. The van der Waals surface area contributed by atoms with E-state index in [-0.39, 0.29) is 17.4 Å². The molecule has 0 saturated heterocycles. The molecule has 0 spiro atoms. The molecule has 8 nitrogen and oxygen atoms in total. The van der Waals surface area contributed by atoms with E-state index in [1.165, 1.54) is 21.7 Å². The summed E-state index contributed by atoms with van der Waals surface area (Å²) in [6.45, 7) is 2.27. The second-order valence-electron chi connectivity index (χ2n) is 5.47. The van der Waals surface area contributed by atoms with Crippen LogP contribution in [-0.4, -0.2) is 54.8 Å². The van der Waals surface area contributed by atoms with Crippen LogP contribution in [0.5, 0.6) is 0 Å². The first kappa shape index (κ1) is 15.8. The molecule has 0 fully saturated rings. The Morgan fingerprint density at radius 1 is 1.46 bits per heavy atom. The van der Waals surface area contributed by atoms with Gasteiger partial charge in [0.05, 0.1) is 0 Å². The molecule has 1 amide bonds. The minimum absolute atomic E-state index is 0.0918. The Morgan fingerprint density at radius 2 is 2.29 bits per heavy atom. The van der Waals surface area contributed by atoms with Crippen molar-refractivity contribution in [2.24, 2.45) is 0 Å². The van der Waals surface area contributed by atoms with E-state index in [0.29, 0.717) is 18.1 Å². The molecule has 3 aromatic rings. The standard InChI is InChI=1S/C15H16FN7O/c1-10(14-18-20-21-19-14)9-22(2)15(24)11-4-5-13(12(16)8-11)23-7-3-6-17-23/h3-8,10H,9H2,1-2H3,(H,18,19,20,21)/t10-/m0/s1. The first-order chi connectivity index (χ1) is 11.6. The number of aromatic amines is 1.